The number of carbonyl (C=O) groups excluding carboxylic acids is 1. The van der Waals surface area contributed by atoms with E-state index in [1.807, 2.05) is 25.3 Å². The summed E-state index contributed by atoms with van der Waals surface area (Å²) < 4.78 is 6.05. The molecule has 3 heterocycles. The summed E-state index contributed by atoms with van der Waals surface area (Å²) in [5, 5.41) is 0. The predicted octanol–water partition coefficient (Wildman–Crippen LogP) is 0.375. The molecular weight excluding hydrogens is 298 g/mol. The van der Waals surface area contributed by atoms with Crippen molar-refractivity contribution >= 4 is 22.7 Å². The van der Waals surface area contributed by atoms with Crippen LogP contribution in [-0.4, -0.2) is 28.9 Å². The first-order chi connectivity index (χ1) is 10.8. The molecule has 0 saturated heterocycles. The number of hydrogen-bond donors (Lipinski definition) is 0. The first-order valence-corrected chi connectivity index (χ1v) is 7.46. The van der Waals surface area contributed by atoms with Crippen LogP contribution in [0, 0.1) is 13.8 Å². The maximum absolute atomic E-state index is 12.8. The molecule has 0 aliphatic carbocycles. The molecule has 8 heteroatoms. The van der Waals surface area contributed by atoms with Crippen molar-refractivity contribution in [3.05, 3.63) is 32.2 Å². The van der Waals surface area contributed by atoms with Crippen LogP contribution in [-0.2, 0) is 24.9 Å². The minimum atomic E-state index is -0.532. The van der Waals surface area contributed by atoms with E-state index in [1.165, 1.54) is 11.5 Å². The Morgan fingerprint density at radius 3 is 2.35 bits per heavy atom. The van der Waals surface area contributed by atoms with Crippen molar-refractivity contribution in [2.45, 2.75) is 40.8 Å². The Kier molecular flexibility index (Phi) is 3.28. The van der Waals surface area contributed by atoms with Crippen LogP contribution in [0.3, 0.4) is 0 Å². The third-order valence-corrected chi connectivity index (χ3v) is 4.33. The Balaban J connectivity index is 2.59. The van der Waals surface area contributed by atoms with E-state index in [1.54, 1.807) is 11.4 Å². The third-order valence-electron chi connectivity index (χ3n) is 4.33. The number of carbonyl (C=O) groups is 1. The van der Waals surface area contributed by atoms with E-state index in [0.717, 1.165) is 16.0 Å². The zero-order chi connectivity index (χ0) is 17.0. The van der Waals surface area contributed by atoms with E-state index in [4.69, 9.17) is 0 Å². The van der Waals surface area contributed by atoms with Gasteiger partial charge in [-0.05, 0) is 27.7 Å². The van der Waals surface area contributed by atoms with Gasteiger partial charge in [0.2, 0.25) is 5.78 Å². The number of rotatable bonds is 3. The summed E-state index contributed by atoms with van der Waals surface area (Å²) >= 11 is 0. The van der Waals surface area contributed by atoms with Gasteiger partial charge in [0, 0.05) is 25.0 Å². The molecule has 0 radical (unpaired) electrons. The van der Waals surface area contributed by atoms with Gasteiger partial charge in [-0.1, -0.05) is 0 Å². The van der Waals surface area contributed by atoms with E-state index in [9.17, 15) is 14.4 Å². The van der Waals surface area contributed by atoms with Gasteiger partial charge in [-0.25, -0.2) is 4.79 Å². The maximum Gasteiger partial charge on any atom is 0.332 e. The Hall–Kier alpha value is -2.64. The lowest BCUT2D eigenvalue weighted by atomic mass is 10.3. The molecule has 0 bridgehead atoms. The van der Waals surface area contributed by atoms with E-state index in [0.29, 0.717) is 23.5 Å². The molecule has 0 aliphatic rings. The predicted molar refractivity (Wildman–Crippen MR) is 86.0 cm³/mol. The highest BCUT2D eigenvalue weighted by atomic mass is 16.2. The molecule has 0 aliphatic heterocycles. The molecule has 0 saturated carbocycles. The normalized spacial score (nSPS) is 11.7. The first kappa shape index (κ1) is 15.3. The molecule has 0 amide bonds. The van der Waals surface area contributed by atoms with Crippen molar-refractivity contribution < 1.29 is 4.79 Å². The minimum Gasteiger partial charge on any atom is -0.314 e. The molecule has 23 heavy (non-hydrogen) atoms. The summed E-state index contributed by atoms with van der Waals surface area (Å²) in [6.07, 6.45) is 0. The van der Waals surface area contributed by atoms with Gasteiger partial charge in [0.1, 0.15) is 5.78 Å². The lowest BCUT2D eigenvalue weighted by molar-refractivity contribution is -0.117. The number of aryl methyl sites for hydroxylation is 3. The highest BCUT2D eigenvalue weighted by molar-refractivity contribution is 5.78. The second-order valence-electron chi connectivity index (χ2n) is 5.77. The summed E-state index contributed by atoms with van der Waals surface area (Å²) in [5.41, 5.74) is 1.56. The molecule has 3 rings (SSSR count). The fraction of sp³-hybridized carbons (Fsp3) is 0.467. The number of Topliss-reactive ketones (excluding diaryl/α,β-unsaturated/α-hetero) is 1. The lowest BCUT2D eigenvalue weighted by Gasteiger charge is -2.06. The van der Waals surface area contributed by atoms with Crippen molar-refractivity contribution in [1.29, 1.82) is 0 Å². The molecule has 0 aromatic carbocycles. The molecular formula is C15H19N5O3. The van der Waals surface area contributed by atoms with Crippen molar-refractivity contribution in [1.82, 2.24) is 23.1 Å². The molecule has 0 atom stereocenters. The summed E-state index contributed by atoms with van der Waals surface area (Å²) in [4.78, 5) is 41.1. The van der Waals surface area contributed by atoms with Crippen molar-refractivity contribution in [2.24, 2.45) is 7.05 Å². The smallest absolute Gasteiger partial charge is 0.314 e. The molecule has 8 nitrogen and oxygen atoms in total. The number of imidazole rings is 2. The van der Waals surface area contributed by atoms with Gasteiger partial charge in [0.25, 0.3) is 5.56 Å². The van der Waals surface area contributed by atoms with E-state index in [-0.39, 0.29) is 12.3 Å². The number of hydrogen-bond acceptors (Lipinski definition) is 4. The van der Waals surface area contributed by atoms with Crippen LogP contribution in [0.4, 0.5) is 0 Å². The summed E-state index contributed by atoms with van der Waals surface area (Å²) in [7, 11) is 1.56. The molecule has 122 valence electrons. The molecule has 0 spiro atoms. The van der Waals surface area contributed by atoms with E-state index < -0.39 is 11.2 Å². The number of aromatic nitrogens is 5. The van der Waals surface area contributed by atoms with Crippen LogP contribution in [0.5, 0.6) is 0 Å². The molecule has 0 N–H and O–H groups in total. The van der Waals surface area contributed by atoms with Crippen LogP contribution >= 0.6 is 0 Å². The summed E-state index contributed by atoms with van der Waals surface area (Å²) in [6, 6.07) is 0. The van der Waals surface area contributed by atoms with Gasteiger partial charge in [-0.2, -0.15) is 4.98 Å². The van der Waals surface area contributed by atoms with Gasteiger partial charge in [-0.3, -0.25) is 23.1 Å². The average molecular weight is 317 g/mol. The van der Waals surface area contributed by atoms with Crippen molar-refractivity contribution in [3.8, 4) is 0 Å². The SMILES string of the molecule is CCn1c(C)c(C)n2c3c(=O)n(CC(C)=O)c(=O)n(C)c3nc12. The van der Waals surface area contributed by atoms with Gasteiger partial charge in [-0.15, -0.1) is 0 Å². The van der Waals surface area contributed by atoms with Crippen molar-refractivity contribution in [3.63, 3.8) is 0 Å². The van der Waals surface area contributed by atoms with Crippen molar-refractivity contribution in [2.75, 3.05) is 0 Å². The summed E-state index contributed by atoms with van der Waals surface area (Å²) in [5.74, 6) is 0.383. The average Bonchev–Trinajstić information content (AvgIpc) is 2.98. The number of ketones is 1. The largest absolute Gasteiger partial charge is 0.332 e. The highest BCUT2D eigenvalue weighted by Crippen LogP contribution is 2.20. The number of fused-ring (bicyclic) bond motifs is 3. The molecule has 3 aromatic rings. The molecule has 0 unspecified atom stereocenters. The third kappa shape index (κ3) is 1.90. The first-order valence-electron chi connectivity index (χ1n) is 7.46. The van der Waals surface area contributed by atoms with Gasteiger partial charge >= 0.3 is 5.69 Å². The Labute approximate surface area is 131 Å². The van der Waals surface area contributed by atoms with Crippen LogP contribution in [0.15, 0.2) is 9.59 Å². The second-order valence-corrected chi connectivity index (χ2v) is 5.77. The van der Waals surface area contributed by atoms with E-state index in [2.05, 4.69) is 4.98 Å². The Morgan fingerprint density at radius 2 is 1.78 bits per heavy atom. The summed E-state index contributed by atoms with van der Waals surface area (Å²) in [6.45, 7) is 7.71. The highest BCUT2D eigenvalue weighted by Gasteiger charge is 2.22. The molecule has 0 fully saturated rings. The topological polar surface area (TPSA) is 83.3 Å². The zero-order valence-corrected chi connectivity index (χ0v) is 13.9. The van der Waals surface area contributed by atoms with Gasteiger partial charge in [0.05, 0.1) is 6.54 Å². The second kappa shape index (κ2) is 4.94. The van der Waals surface area contributed by atoms with Crippen LogP contribution in [0.25, 0.3) is 16.9 Å². The Morgan fingerprint density at radius 1 is 1.13 bits per heavy atom. The van der Waals surface area contributed by atoms with Gasteiger partial charge in [0.15, 0.2) is 11.2 Å². The number of nitrogens with zero attached hydrogens (tertiary/aromatic N) is 5. The fourth-order valence-corrected chi connectivity index (χ4v) is 3.06. The maximum atomic E-state index is 12.8. The van der Waals surface area contributed by atoms with Crippen LogP contribution in [0.1, 0.15) is 25.2 Å². The Bertz CT molecular complexity index is 1080. The quantitative estimate of drug-likeness (QED) is 0.699. The molecule has 3 aromatic heterocycles. The lowest BCUT2D eigenvalue weighted by Crippen LogP contribution is -2.40. The minimum absolute atomic E-state index is 0.235. The zero-order valence-electron chi connectivity index (χ0n) is 13.9. The van der Waals surface area contributed by atoms with E-state index >= 15 is 0 Å². The monoisotopic (exact) mass is 317 g/mol. The standard InChI is InChI=1S/C15H19N5O3/c1-6-18-9(3)10(4)20-11-12(16-14(18)20)17(5)15(23)19(13(11)22)7-8(2)21/h6-7H2,1-5H3. The van der Waals surface area contributed by atoms with Gasteiger partial charge < -0.3 is 4.57 Å². The van der Waals surface area contributed by atoms with Crippen LogP contribution < -0.4 is 11.2 Å². The van der Waals surface area contributed by atoms with Crippen LogP contribution in [0.2, 0.25) is 0 Å². The fourth-order valence-electron chi connectivity index (χ4n) is 3.06.